The molecule has 0 aliphatic heterocycles. The third-order valence-corrected chi connectivity index (χ3v) is 6.74. The number of hydrogen-bond donors (Lipinski definition) is 1. The van der Waals surface area contributed by atoms with Gasteiger partial charge in [-0.05, 0) is 44.0 Å². The van der Waals surface area contributed by atoms with Gasteiger partial charge in [-0.1, -0.05) is 23.2 Å². The van der Waals surface area contributed by atoms with E-state index in [9.17, 15) is 5.11 Å². The molecule has 0 aliphatic carbocycles. The number of aliphatic hydroxyl groups is 1. The number of hydrogen-bond acceptors (Lipinski definition) is 3. The lowest BCUT2D eigenvalue weighted by molar-refractivity contribution is 0.225. The lowest BCUT2D eigenvalue weighted by Gasteiger charge is -2.06. The molecule has 1 N–H and O–H groups in total. The molecule has 0 radical (unpaired) electrons. The molecule has 0 spiro atoms. The minimum Gasteiger partial charge on any atom is -0.383 e. The van der Waals surface area contributed by atoms with E-state index in [0.717, 1.165) is 13.1 Å². The van der Waals surface area contributed by atoms with E-state index in [1.807, 2.05) is 6.07 Å². The molecule has 0 aliphatic rings. The molecule has 2 heterocycles. The first-order valence-electron chi connectivity index (χ1n) is 4.06. The molecule has 0 fully saturated rings. The zero-order valence-electron chi connectivity index (χ0n) is 7.51. The minimum atomic E-state index is -0.733. The average Bonchev–Trinajstić information content (AvgIpc) is 2.70. The number of aliphatic hydroxyl groups excluding tert-OH is 1. The standard InChI is InChI=1S/C9H4Br2Cl2OS2/c10-4-2-5(15-8(4)11)7(14)3-1-6(12)16-9(3)13/h1-2,7,14H. The molecule has 0 bridgehead atoms. The monoisotopic (exact) mass is 420 g/mol. The van der Waals surface area contributed by atoms with Gasteiger partial charge < -0.3 is 5.11 Å². The van der Waals surface area contributed by atoms with Gasteiger partial charge in [0.1, 0.15) is 10.4 Å². The van der Waals surface area contributed by atoms with Crippen LogP contribution < -0.4 is 0 Å². The van der Waals surface area contributed by atoms with Crippen LogP contribution in [0.3, 0.4) is 0 Å². The maximum absolute atomic E-state index is 10.2. The highest BCUT2D eigenvalue weighted by Crippen LogP contribution is 2.42. The summed E-state index contributed by atoms with van der Waals surface area (Å²) in [4.78, 5) is 0.815. The highest BCUT2D eigenvalue weighted by Gasteiger charge is 2.19. The minimum absolute atomic E-state index is 0.526. The number of halogens is 4. The summed E-state index contributed by atoms with van der Waals surface area (Å²) in [6.07, 6.45) is -0.733. The fraction of sp³-hybridized carbons (Fsp3) is 0.111. The van der Waals surface area contributed by atoms with E-state index in [-0.39, 0.29) is 0 Å². The fourth-order valence-electron chi connectivity index (χ4n) is 1.19. The molecule has 2 rings (SSSR count). The summed E-state index contributed by atoms with van der Waals surface area (Å²) in [5.41, 5.74) is 0.651. The third kappa shape index (κ3) is 2.66. The van der Waals surface area contributed by atoms with Gasteiger partial charge in [-0.15, -0.1) is 22.7 Å². The Morgan fingerprint density at radius 3 is 2.31 bits per heavy atom. The van der Waals surface area contributed by atoms with Crippen molar-refractivity contribution in [3.05, 3.63) is 39.5 Å². The lowest BCUT2D eigenvalue weighted by atomic mass is 10.2. The van der Waals surface area contributed by atoms with Crippen LogP contribution in [0.5, 0.6) is 0 Å². The molecule has 16 heavy (non-hydrogen) atoms. The number of rotatable bonds is 2. The van der Waals surface area contributed by atoms with Gasteiger partial charge in [0.15, 0.2) is 0 Å². The Balaban J connectivity index is 2.38. The van der Waals surface area contributed by atoms with Crippen LogP contribution in [-0.4, -0.2) is 5.11 Å². The SMILES string of the molecule is OC(c1cc(Br)c(Br)s1)c1cc(Cl)sc1Cl. The van der Waals surface area contributed by atoms with E-state index in [1.165, 1.54) is 22.7 Å². The molecule has 0 amide bonds. The first kappa shape index (κ1) is 13.3. The molecule has 0 saturated carbocycles. The quantitative estimate of drug-likeness (QED) is 0.655. The summed E-state index contributed by atoms with van der Waals surface area (Å²) in [6, 6.07) is 3.56. The van der Waals surface area contributed by atoms with Crippen LogP contribution in [0.1, 0.15) is 16.5 Å². The Labute approximate surface area is 127 Å². The molecule has 1 unspecified atom stereocenters. The smallest absolute Gasteiger partial charge is 0.116 e. The summed E-state index contributed by atoms with van der Waals surface area (Å²) in [6.45, 7) is 0. The largest absolute Gasteiger partial charge is 0.383 e. The normalized spacial score (nSPS) is 13.1. The Bertz CT molecular complexity index is 504. The molecule has 7 heteroatoms. The Kier molecular flexibility index (Phi) is 4.39. The molecule has 86 valence electrons. The van der Waals surface area contributed by atoms with Crippen molar-refractivity contribution in [3.63, 3.8) is 0 Å². The van der Waals surface area contributed by atoms with E-state index in [0.29, 0.717) is 14.2 Å². The zero-order chi connectivity index (χ0) is 11.9. The number of thiophene rings is 2. The highest BCUT2D eigenvalue weighted by atomic mass is 79.9. The van der Waals surface area contributed by atoms with E-state index in [1.54, 1.807) is 6.07 Å². The van der Waals surface area contributed by atoms with Crippen molar-refractivity contribution in [1.82, 2.24) is 0 Å². The highest BCUT2D eigenvalue weighted by molar-refractivity contribution is 9.13. The summed E-state index contributed by atoms with van der Waals surface area (Å²) < 4.78 is 2.97. The van der Waals surface area contributed by atoms with Crippen molar-refractivity contribution in [3.8, 4) is 0 Å². The predicted octanol–water partition coefficient (Wildman–Crippen LogP) is 5.72. The van der Waals surface area contributed by atoms with Gasteiger partial charge in [-0.25, -0.2) is 0 Å². The molecule has 1 nitrogen and oxygen atoms in total. The Morgan fingerprint density at radius 2 is 1.88 bits per heavy atom. The molecular formula is C9H4Br2Cl2OS2. The fourth-order valence-corrected chi connectivity index (χ4v) is 4.81. The van der Waals surface area contributed by atoms with Gasteiger partial charge in [-0.3, -0.25) is 0 Å². The van der Waals surface area contributed by atoms with Gasteiger partial charge >= 0.3 is 0 Å². The van der Waals surface area contributed by atoms with Gasteiger partial charge in [-0.2, -0.15) is 0 Å². The molecule has 2 aromatic rings. The van der Waals surface area contributed by atoms with Crippen LogP contribution in [0.25, 0.3) is 0 Å². The molecule has 2 aromatic heterocycles. The summed E-state index contributed by atoms with van der Waals surface area (Å²) in [7, 11) is 0. The second-order valence-corrected chi connectivity index (χ2v) is 8.49. The van der Waals surface area contributed by atoms with Crippen LogP contribution in [-0.2, 0) is 0 Å². The van der Waals surface area contributed by atoms with Crippen LogP contribution in [0, 0.1) is 0 Å². The molecule has 1 atom stereocenters. The van der Waals surface area contributed by atoms with E-state index >= 15 is 0 Å². The topological polar surface area (TPSA) is 20.2 Å². The van der Waals surface area contributed by atoms with Crippen LogP contribution in [0.2, 0.25) is 8.67 Å². The predicted molar refractivity (Wildman–Crippen MR) is 78.1 cm³/mol. The summed E-state index contributed by atoms with van der Waals surface area (Å²) in [5, 5.41) is 10.2. The Hall–Kier alpha value is 0.900. The Morgan fingerprint density at radius 1 is 1.19 bits per heavy atom. The summed E-state index contributed by atoms with van der Waals surface area (Å²) >= 11 is 21.3. The zero-order valence-corrected chi connectivity index (χ0v) is 13.8. The van der Waals surface area contributed by atoms with Crippen molar-refractivity contribution in [2.75, 3.05) is 0 Å². The van der Waals surface area contributed by atoms with Crippen LogP contribution in [0.15, 0.2) is 20.4 Å². The average molecular weight is 423 g/mol. The first-order valence-corrected chi connectivity index (χ1v) is 8.04. The molecule has 0 saturated heterocycles. The van der Waals surface area contributed by atoms with Crippen molar-refractivity contribution >= 4 is 77.7 Å². The van der Waals surface area contributed by atoms with Crippen molar-refractivity contribution < 1.29 is 5.11 Å². The van der Waals surface area contributed by atoms with Crippen LogP contribution in [0.4, 0.5) is 0 Å². The van der Waals surface area contributed by atoms with E-state index in [2.05, 4.69) is 31.9 Å². The van der Waals surface area contributed by atoms with Crippen LogP contribution >= 0.6 is 77.7 Å². The van der Waals surface area contributed by atoms with Crippen molar-refractivity contribution in [2.24, 2.45) is 0 Å². The first-order chi connectivity index (χ1) is 7.49. The maximum Gasteiger partial charge on any atom is 0.116 e. The lowest BCUT2D eigenvalue weighted by Crippen LogP contribution is -1.95. The van der Waals surface area contributed by atoms with Crippen molar-refractivity contribution in [1.29, 1.82) is 0 Å². The molecular weight excluding hydrogens is 419 g/mol. The second-order valence-electron chi connectivity index (χ2n) is 2.95. The van der Waals surface area contributed by atoms with Gasteiger partial charge in [0.2, 0.25) is 0 Å². The molecule has 0 aromatic carbocycles. The maximum atomic E-state index is 10.2. The summed E-state index contributed by atoms with van der Waals surface area (Å²) in [5.74, 6) is 0. The second kappa shape index (κ2) is 5.26. The van der Waals surface area contributed by atoms with E-state index < -0.39 is 6.10 Å². The van der Waals surface area contributed by atoms with Gasteiger partial charge in [0.25, 0.3) is 0 Å². The third-order valence-electron chi connectivity index (χ3n) is 1.91. The van der Waals surface area contributed by atoms with Gasteiger partial charge in [0, 0.05) is 14.9 Å². The van der Waals surface area contributed by atoms with E-state index in [4.69, 9.17) is 23.2 Å². The van der Waals surface area contributed by atoms with Crippen molar-refractivity contribution in [2.45, 2.75) is 6.10 Å². The van der Waals surface area contributed by atoms with Gasteiger partial charge in [0.05, 0.1) is 8.12 Å².